The molecular weight excluding hydrogens is 286 g/mol. The lowest BCUT2D eigenvalue weighted by atomic mass is 10.2. The van der Waals surface area contributed by atoms with E-state index in [0.717, 1.165) is 10.0 Å². The van der Waals surface area contributed by atoms with Gasteiger partial charge in [0, 0.05) is 16.5 Å². The maximum atomic E-state index is 10.4. The maximum absolute atomic E-state index is 10.4. The van der Waals surface area contributed by atoms with Gasteiger partial charge in [-0.3, -0.25) is 4.79 Å². The molecule has 0 saturated carbocycles. The van der Waals surface area contributed by atoms with E-state index in [1.165, 1.54) is 0 Å². The molecule has 0 spiro atoms. The number of aryl methyl sites for hydroxylation is 1. The maximum Gasteiger partial charge on any atom is 0.303 e. The number of aliphatic carboxylic acids is 1. The number of hydrogen-bond donors (Lipinski definition) is 1. The number of carbonyl (C=O) groups is 1. The third-order valence-corrected chi connectivity index (χ3v) is 2.76. The first kappa shape index (κ1) is 11.9. The summed E-state index contributed by atoms with van der Waals surface area (Å²) >= 11 is 3.35. The quantitative estimate of drug-likeness (QED) is 0.941. The average Bonchev–Trinajstić information content (AvgIpc) is 2.76. The fourth-order valence-electron chi connectivity index (χ4n) is 1.39. The van der Waals surface area contributed by atoms with Gasteiger partial charge in [-0.1, -0.05) is 28.1 Å². The van der Waals surface area contributed by atoms with Gasteiger partial charge in [0.05, 0.1) is 12.6 Å². The Hall–Kier alpha value is -1.62. The third kappa shape index (κ3) is 3.17. The number of aromatic nitrogens is 1. The number of rotatable bonds is 4. The Morgan fingerprint density at radius 3 is 2.71 bits per heavy atom. The van der Waals surface area contributed by atoms with Crippen molar-refractivity contribution in [2.75, 3.05) is 0 Å². The molecule has 1 N–H and O–H groups in total. The number of nitrogens with zero attached hydrogens (tertiary/aromatic N) is 1. The van der Waals surface area contributed by atoms with E-state index >= 15 is 0 Å². The van der Waals surface area contributed by atoms with Crippen molar-refractivity contribution in [2.45, 2.75) is 12.8 Å². The van der Waals surface area contributed by atoms with Crippen LogP contribution in [-0.2, 0) is 11.2 Å². The minimum Gasteiger partial charge on any atom is -0.481 e. The molecule has 0 aliphatic heterocycles. The summed E-state index contributed by atoms with van der Waals surface area (Å²) in [4.78, 5) is 14.5. The fraction of sp³-hybridized carbons (Fsp3) is 0.167. The molecule has 4 nitrogen and oxygen atoms in total. The predicted octanol–water partition coefficient (Wildman–Crippen LogP) is 3.12. The van der Waals surface area contributed by atoms with Crippen LogP contribution in [0.25, 0.3) is 11.3 Å². The molecule has 0 bridgehead atoms. The van der Waals surface area contributed by atoms with Crippen molar-refractivity contribution in [3.63, 3.8) is 0 Å². The summed E-state index contributed by atoms with van der Waals surface area (Å²) < 4.78 is 6.46. The summed E-state index contributed by atoms with van der Waals surface area (Å²) in [5, 5.41) is 8.55. The van der Waals surface area contributed by atoms with Gasteiger partial charge in [-0.2, -0.15) is 0 Å². The first-order chi connectivity index (χ1) is 8.15. The molecule has 0 unspecified atom stereocenters. The van der Waals surface area contributed by atoms with Crippen molar-refractivity contribution in [1.29, 1.82) is 0 Å². The van der Waals surface area contributed by atoms with Crippen molar-refractivity contribution in [1.82, 2.24) is 4.98 Å². The summed E-state index contributed by atoms with van der Waals surface area (Å²) in [6.07, 6.45) is 1.95. The SMILES string of the molecule is O=C(O)CCc1ncc(-c2ccc(Br)cc2)o1. The van der Waals surface area contributed by atoms with Gasteiger partial charge in [0.15, 0.2) is 11.7 Å². The number of benzene rings is 1. The molecule has 0 aliphatic carbocycles. The van der Waals surface area contributed by atoms with Crippen LogP contribution in [0.15, 0.2) is 39.4 Å². The Kier molecular flexibility index (Phi) is 3.58. The monoisotopic (exact) mass is 295 g/mol. The van der Waals surface area contributed by atoms with Crippen molar-refractivity contribution < 1.29 is 14.3 Å². The van der Waals surface area contributed by atoms with E-state index in [1.54, 1.807) is 6.20 Å². The number of carboxylic acid groups (broad SMARTS) is 1. The topological polar surface area (TPSA) is 63.3 Å². The second kappa shape index (κ2) is 5.14. The van der Waals surface area contributed by atoms with Crippen molar-refractivity contribution >= 4 is 21.9 Å². The molecular formula is C12H10BrNO3. The van der Waals surface area contributed by atoms with Crippen LogP contribution in [0.2, 0.25) is 0 Å². The standard InChI is InChI=1S/C12H10BrNO3/c13-9-3-1-8(2-4-9)10-7-14-11(17-10)5-6-12(15)16/h1-4,7H,5-6H2,(H,15,16). The molecule has 1 aromatic heterocycles. The lowest BCUT2D eigenvalue weighted by molar-refractivity contribution is -0.137. The van der Waals surface area contributed by atoms with Gasteiger partial charge in [0.25, 0.3) is 0 Å². The highest BCUT2D eigenvalue weighted by atomic mass is 79.9. The van der Waals surface area contributed by atoms with Gasteiger partial charge in [-0.15, -0.1) is 0 Å². The van der Waals surface area contributed by atoms with Gasteiger partial charge >= 0.3 is 5.97 Å². The molecule has 0 saturated heterocycles. The second-order valence-electron chi connectivity index (χ2n) is 3.52. The highest BCUT2D eigenvalue weighted by Gasteiger charge is 2.07. The molecule has 88 valence electrons. The van der Waals surface area contributed by atoms with Gasteiger partial charge in [-0.25, -0.2) is 4.98 Å². The summed E-state index contributed by atoms with van der Waals surface area (Å²) in [5.41, 5.74) is 0.919. The zero-order valence-corrected chi connectivity index (χ0v) is 10.5. The minimum atomic E-state index is -0.853. The number of halogens is 1. The molecule has 2 aromatic rings. The van der Waals surface area contributed by atoms with Crippen LogP contribution >= 0.6 is 15.9 Å². The fourth-order valence-corrected chi connectivity index (χ4v) is 1.65. The lowest BCUT2D eigenvalue weighted by Gasteiger charge is -1.96. The van der Waals surface area contributed by atoms with E-state index in [4.69, 9.17) is 9.52 Å². The minimum absolute atomic E-state index is 0.0281. The zero-order chi connectivity index (χ0) is 12.3. The Morgan fingerprint density at radius 2 is 2.06 bits per heavy atom. The normalized spacial score (nSPS) is 10.4. The Balaban J connectivity index is 2.12. The Labute approximate surface area is 106 Å². The van der Waals surface area contributed by atoms with Crippen LogP contribution < -0.4 is 0 Å². The first-order valence-corrected chi connectivity index (χ1v) is 5.87. The lowest BCUT2D eigenvalue weighted by Crippen LogP contribution is -1.97. The molecule has 1 aromatic carbocycles. The Bertz CT molecular complexity index is 519. The van der Waals surface area contributed by atoms with Crippen LogP contribution in [-0.4, -0.2) is 16.1 Å². The molecule has 0 fully saturated rings. The zero-order valence-electron chi connectivity index (χ0n) is 8.89. The van der Waals surface area contributed by atoms with Gasteiger partial charge in [0.2, 0.25) is 0 Å². The van der Waals surface area contributed by atoms with Gasteiger partial charge in [0.1, 0.15) is 0 Å². The largest absolute Gasteiger partial charge is 0.481 e. The third-order valence-electron chi connectivity index (χ3n) is 2.24. The van der Waals surface area contributed by atoms with Crippen molar-refractivity contribution in [2.24, 2.45) is 0 Å². The highest BCUT2D eigenvalue weighted by molar-refractivity contribution is 9.10. The summed E-state index contributed by atoms with van der Waals surface area (Å²) in [6.45, 7) is 0. The van der Waals surface area contributed by atoms with E-state index < -0.39 is 5.97 Å². The van der Waals surface area contributed by atoms with Crippen LogP contribution in [0.1, 0.15) is 12.3 Å². The summed E-state index contributed by atoms with van der Waals surface area (Å²) in [6, 6.07) is 7.64. The highest BCUT2D eigenvalue weighted by Crippen LogP contribution is 2.22. The molecule has 0 aliphatic rings. The summed E-state index contributed by atoms with van der Waals surface area (Å²) in [7, 11) is 0. The van der Waals surface area contributed by atoms with Gasteiger partial charge in [-0.05, 0) is 12.1 Å². The average molecular weight is 296 g/mol. The molecule has 2 rings (SSSR count). The number of oxazole rings is 1. The van der Waals surface area contributed by atoms with E-state index in [2.05, 4.69) is 20.9 Å². The first-order valence-electron chi connectivity index (χ1n) is 5.07. The van der Waals surface area contributed by atoms with E-state index in [-0.39, 0.29) is 6.42 Å². The number of hydrogen-bond acceptors (Lipinski definition) is 3. The smallest absolute Gasteiger partial charge is 0.303 e. The second-order valence-corrected chi connectivity index (χ2v) is 4.43. The van der Waals surface area contributed by atoms with E-state index in [9.17, 15) is 4.79 Å². The molecule has 0 radical (unpaired) electrons. The van der Waals surface area contributed by atoms with Crippen LogP contribution in [0.5, 0.6) is 0 Å². The summed E-state index contributed by atoms with van der Waals surface area (Å²) in [5.74, 6) is 0.247. The van der Waals surface area contributed by atoms with E-state index in [1.807, 2.05) is 24.3 Å². The molecule has 0 amide bonds. The molecule has 5 heteroatoms. The van der Waals surface area contributed by atoms with Crippen LogP contribution in [0.4, 0.5) is 0 Å². The van der Waals surface area contributed by atoms with Gasteiger partial charge < -0.3 is 9.52 Å². The molecule has 0 atom stereocenters. The predicted molar refractivity (Wildman–Crippen MR) is 65.6 cm³/mol. The van der Waals surface area contributed by atoms with Crippen LogP contribution in [0.3, 0.4) is 0 Å². The van der Waals surface area contributed by atoms with E-state index in [0.29, 0.717) is 18.1 Å². The Morgan fingerprint density at radius 1 is 1.35 bits per heavy atom. The number of carboxylic acids is 1. The van der Waals surface area contributed by atoms with Crippen molar-refractivity contribution in [3.8, 4) is 11.3 Å². The van der Waals surface area contributed by atoms with Crippen LogP contribution in [0, 0.1) is 0 Å². The molecule has 1 heterocycles. The van der Waals surface area contributed by atoms with Crippen molar-refractivity contribution in [3.05, 3.63) is 40.8 Å². The molecule has 17 heavy (non-hydrogen) atoms.